The van der Waals surface area contributed by atoms with E-state index < -0.39 is 16.1 Å². The fraction of sp³-hybridized carbons (Fsp3) is 0.632. The van der Waals surface area contributed by atoms with Gasteiger partial charge in [-0.2, -0.15) is 4.72 Å². The van der Waals surface area contributed by atoms with E-state index in [9.17, 15) is 13.2 Å². The molecule has 158 valence electrons. The summed E-state index contributed by atoms with van der Waals surface area (Å²) in [7, 11) is -3.79. The Balaban J connectivity index is 2.05. The van der Waals surface area contributed by atoms with Gasteiger partial charge in [-0.15, -0.1) is 0 Å². The van der Waals surface area contributed by atoms with Crippen molar-refractivity contribution in [2.45, 2.75) is 31.2 Å². The number of carbonyl (C=O) groups excluding carboxylic acids is 1. The number of hydrogen-bond acceptors (Lipinski definition) is 6. The first kappa shape index (κ1) is 22.8. The zero-order chi connectivity index (χ0) is 20.4. The van der Waals surface area contributed by atoms with Crippen LogP contribution in [0.5, 0.6) is 0 Å². The van der Waals surface area contributed by atoms with Gasteiger partial charge in [0.25, 0.3) is 0 Å². The van der Waals surface area contributed by atoms with Gasteiger partial charge < -0.3 is 19.1 Å². The van der Waals surface area contributed by atoms with E-state index in [4.69, 9.17) is 14.2 Å². The van der Waals surface area contributed by atoms with Crippen molar-refractivity contribution in [1.82, 2.24) is 9.62 Å². The molecule has 2 rings (SSSR count). The lowest BCUT2D eigenvalue weighted by Crippen LogP contribution is -2.50. The number of nitrogens with one attached hydrogen (secondary N) is 1. The molecule has 1 aliphatic rings. The van der Waals surface area contributed by atoms with Crippen molar-refractivity contribution in [3.8, 4) is 0 Å². The molecule has 1 aromatic rings. The molecular formula is C19H30N2O6S. The molecular weight excluding hydrogens is 384 g/mol. The van der Waals surface area contributed by atoms with Gasteiger partial charge in [0.1, 0.15) is 6.04 Å². The third-order valence-electron chi connectivity index (χ3n) is 4.40. The molecule has 1 amide bonds. The molecule has 1 aromatic carbocycles. The van der Waals surface area contributed by atoms with Gasteiger partial charge in [-0.25, -0.2) is 8.42 Å². The van der Waals surface area contributed by atoms with Gasteiger partial charge in [0, 0.05) is 13.1 Å². The molecule has 0 radical (unpaired) electrons. The molecule has 1 heterocycles. The highest BCUT2D eigenvalue weighted by Gasteiger charge is 2.28. The number of benzene rings is 1. The molecule has 0 saturated carbocycles. The second-order valence-corrected chi connectivity index (χ2v) is 8.27. The molecule has 9 heteroatoms. The molecule has 1 atom stereocenters. The van der Waals surface area contributed by atoms with E-state index in [1.54, 1.807) is 24.0 Å². The lowest BCUT2D eigenvalue weighted by molar-refractivity contribution is -0.135. The van der Waals surface area contributed by atoms with Crippen LogP contribution in [0.15, 0.2) is 29.2 Å². The Morgan fingerprint density at radius 3 is 2.00 bits per heavy atom. The normalized spacial score (nSPS) is 18.7. The van der Waals surface area contributed by atoms with Crippen LogP contribution in [0.3, 0.4) is 0 Å². The molecule has 1 aliphatic heterocycles. The van der Waals surface area contributed by atoms with Gasteiger partial charge in [-0.3, -0.25) is 4.79 Å². The fourth-order valence-corrected chi connectivity index (χ4v) is 4.00. The number of sulfonamides is 1. The summed E-state index contributed by atoms with van der Waals surface area (Å²) in [6.45, 7) is 6.95. The molecule has 1 fully saturated rings. The Morgan fingerprint density at radius 1 is 1.00 bits per heavy atom. The highest BCUT2D eigenvalue weighted by molar-refractivity contribution is 7.89. The second-order valence-electron chi connectivity index (χ2n) is 6.56. The highest BCUT2D eigenvalue weighted by atomic mass is 32.2. The number of amides is 1. The first-order valence-corrected chi connectivity index (χ1v) is 11.0. The smallest absolute Gasteiger partial charge is 0.241 e. The van der Waals surface area contributed by atoms with Gasteiger partial charge in [-0.1, -0.05) is 24.6 Å². The fourth-order valence-electron chi connectivity index (χ4n) is 2.73. The van der Waals surface area contributed by atoms with Crippen LogP contribution in [0.25, 0.3) is 0 Å². The van der Waals surface area contributed by atoms with Crippen molar-refractivity contribution in [3.05, 3.63) is 29.8 Å². The maximum absolute atomic E-state index is 13.0. The van der Waals surface area contributed by atoms with Crippen molar-refractivity contribution in [3.63, 3.8) is 0 Å². The van der Waals surface area contributed by atoms with Gasteiger partial charge in [0.15, 0.2) is 0 Å². The van der Waals surface area contributed by atoms with E-state index in [1.165, 1.54) is 12.1 Å². The first-order chi connectivity index (χ1) is 13.4. The lowest BCUT2D eigenvalue weighted by atomic mass is 10.2. The first-order valence-electron chi connectivity index (χ1n) is 9.55. The van der Waals surface area contributed by atoms with Crippen LogP contribution in [0, 0.1) is 6.92 Å². The summed E-state index contributed by atoms with van der Waals surface area (Å²) in [5, 5.41) is 0. The number of aryl methyl sites for hydroxylation is 1. The van der Waals surface area contributed by atoms with E-state index in [-0.39, 0.29) is 10.8 Å². The summed E-state index contributed by atoms with van der Waals surface area (Å²) >= 11 is 0. The van der Waals surface area contributed by atoms with Crippen LogP contribution in [0.1, 0.15) is 18.9 Å². The molecule has 1 N–H and O–H groups in total. The SMILES string of the molecule is CC[C@@H](NS(=O)(=O)c1ccc(C)cc1)C(=O)N1CCOCCOCCOCC1. The number of hydrogen-bond donors (Lipinski definition) is 1. The lowest BCUT2D eigenvalue weighted by Gasteiger charge is -2.27. The van der Waals surface area contributed by atoms with E-state index in [1.807, 2.05) is 6.92 Å². The van der Waals surface area contributed by atoms with Gasteiger partial charge in [0.2, 0.25) is 15.9 Å². The summed E-state index contributed by atoms with van der Waals surface area (Å²) in [4.78, 5) is 14.7. The zero-order valence-electron chi connectivity index (χ0n) is 16.6. The van der Waals surface area contributed by atoms with E-state index in [2.05, 4.69) is 4.72 Å². The molecule has 8 nitrogen and oxygen atoms in total. The molecule has 1 saturated heterocycles. The van der Waals surface area contributed by atoms with Crippen LogP contribution < -0.4 is 4.72 Å². The largest absolute Gasteiger partial charge is 0.377 e. The van der Waals surface area contributed by atoms with E-state index in [0.29, 0.717) is 59.2 Å². The van der Waals surface area contributed by atoms with Crippen molar-refractivity contribution in [2.24, 2.45) is 0 Å². The number of rotatable bonds is 5. The number of carbonyl (C=O) groups is 1. The monoisotopic (exact) mass is 414 g/mol. The van der Waals surface area contributed by atoms with Crippen LogP contribution in [0.4, 0.5) is 0 Å². The topological polar surface area (TPSA) is 94.2 Å². The van der Waals surface area contributed by atoms with Crippen LogP contribution in [-0.4, -0.2) is 78.0 Å². The summed E-state index contributed by atoms with van der Waals surface area (Å²) in [6.07, 6.45) is 0.343. The summed E-state index contributed by atoms with van der Waals surface area (Å²) in [6, 6.07) is 5.68. The predicted octanol–water partition coefficient (Wildman–Crippen LogP) is 0.944. The van der Waals surface area contributed by atoms with Crippen LogP contribution in [0.2, 0.25) is 0 Å². The van der Waals surface area contributed by atoms with E-state index >= 15 is 0 Å². The second kappa shape index (κ2) is 11.5. The average molecular weight is 415 g/mol. The highest BCUT2D eigenvalue weighted by Crippen LogP contribution is 2.12. The van der Waals surface area contributed by atoms with Crippen LogP contribution in [-0.2, 0) is 29.0 Å². The van der Waals surface area contributed by atoms with Gasteiger partial charge in [-0.05, 0) is 25.5 Å². The molecule has 0 unspecified atom stereocenters. The maximum Gasteiger partial charge on any atom is 0.241 e. The predicted molar refractivity (Wildman–Crippen MR) is 105 cm³/mol. The maximum atomic E-state index is 13.0. The minimum absolute atomic E-state index is 0.143. The Hall–Kier alpha value is -1.52. The number of nitrogens with zero attached hydrogens (tertiary/aromatic N) is 1. The Bertz CT molecular complexity index is 696. The standard InChI is InChI=1S/C19H30N2O6S/c1-3-18(20-28(23,24)17-6-4-16(2)5-7-17)19(22)21-8-10-25-12-14-27-15-13-26-11-9-21/h4-7,18,20H,3,8-15H2,1-2H3/t18-/m1/s1. The van der Waals surface area contributed by atoms with Crippen molar-refractivity contribution >= 4 is 15.9 Å². The average Bonchev–Trinajstić information content (AvgIpc) is 2.66. The van der Waals surface area contributed by atoms with Crippen molar-refractivity contribution < 1.29 is 27.4 Å². The molecule has 0 bridgehead atoms. The molecule has 0 aliphatic carbocycles. The minimum atomic E-state index is -3.79. The zero-order valence-corrected chi connectivity index (χ0v) is 17.4. The Labute approximate surface area is 167 Å². The molecule has 28 heavy (non-hydrogen) atoms. The Kier molecular flexibility index (Phi) is 9.33. The number of ether oxygens (including phenoxy) is 3. The molecule has 0 spiro atoms. The summed E-state index contributed by atoms with van der Waals surface area (Å²) in [5.74, 6) is -0.279. The van der Waals surface area contributed by atoms with Gasteiger partial charge in [0.05, 0.1) is 44.5 Å². The quantitative estimate of drug-likeness (QED) is 0.771. The van der Waals surface area contributed by atoms with Crippen molar-refractivity contribution in [2.75, 3.05) is 52.7 Å². The third-order valence-corrected chi connectivity index (χ3v) is 5.89. The minimum Gasteiger partial charge on any atom is -0.377 e. The van der Waals surface area contributed by atoms with E-state index in [0.717, 1.165) is 5.56 Å². The molecule has 0 aromatic heterocycles. The third kappa shape index (κ3) is 7.14. The van der Waals surface area contributed by atoms with Gasteiger partial charge >= 0.3 is 0 Å². The van der Waals surface area contributed by atoms with Crippen molar-refractivity contribution in [1.29, 1.82) is 0 Å². The summed E-state index contributed by atoms with van der Waals surface area (Å²) in [5.41, 5.74) is 0.965. The summed E-state index contributed by atoms with van der Waals surface area (Å²) < 4.78 is 44.2. The Morgan fingerprint density at radius 2 is 1.50 bits per heavy atom. The van der Waals surface area contributed by atoms with Crippen LogP contribution >= 0.6 is 0 Å².